The lowest BCUT2D eigenvalue weighted by Crippen LogP contribution is -2.00. The molecule has 0 saturated heterocycles. The van der Waals surface area contributed by atoms with Crippen LogP contribution in [0.5, 0.6) is 0 Å². The Bertz CT molecular complexity index is 958. The number of aryl methyl sites for hydroxylation is 1. The van der Waals surface area contributed by atoms with Crippen LogP contribution in [-0.2, 0) is 9.47 Å². The zero-order valence-corrected chi connectivity index (χ0v) is 12.6. The smallest absolute Gasteiger partial charge is 0.254 e. The highest BCUT2D eigenvalue weighted by atomic mass is 32.1. The first-order valence-electron chi connectivity index (χ1n) is 6.73. The van der Waals surface area contributed by atoms with Crippen molar-refractivity contribution < 1.29 is 9.47 Å². The minimum absolute atomic E-state index is 0.183. The molecule has 1 aromatic carbocycles. The summed E-state index contributed by atoms with van der Waals surface area (Å²) < 4.78 is 12.4. The van der Waals surface area contributed by atoms with Gasteiger partial charge in [-0.05, 0) is 31.3 Å². The van der Waals surface area contributed by atoms with Gasteiger partial charge in [0.15, 0.2) is 5.82 Å². The van der Waals surface area contributed by atoms with E-state index in [1.54, 1.807) is 4.68 Å². The minimum Gasteiger partial charge on any atom is -0.459 e. The molecule has 0 atom stereocenters. The molecule has 0 radical (unpaired) electrons. The summed E-state index contributed by atoms with van der Waals surface area (Å²) in [6.45, 7) is 2.14. The van der Waals surface area contributed by atoms with Crippen LogP contribution in [0.3, 0.4) is 0 Å². The van der Waals surface area contributed by atoms with E-state index in [-0.39, 0.29) is 6.79 Å². The van der Waals surface area contributed by atoms with Crippen LogP contribution in [0, 0.1) is 11.7 Å². The van der Waals surface area contributed by atoms with Gasteiger partial charge in [-0.1, -0.05) is 18.2 Å². The Morgan fingerprint density at radius 3 is 2.95 bits per heavy atom. The number of hydrogen-bond acceptors (Lipinski definition) is 5. The van der Waals surface area contributed by atoms with Crippen LogP contribution < -0.4 is 0 Å². The SMILES string of the molecule is Cc1cc(-c2nc(=S)n(C3=COCO3)[nH]2)c2ccccc2n1. The second-order valence-electron chi connectivity index (χ2n) is 4.90. The van der Waals surface area contributed by atoms with E-state index in [0.717, 1.165) is 22.2 Å². The Morgan fingerprint density at radius 1 is 1.27 bits per heavy atom. The summed E-state index contributed by atoms with van der Waals surface area (Å²) in [7, 11) is 0. The van der Waals surface area contributed by atoms with Crippen molar-refractivity contribution in [3.8, 4) is 11.4 Å². The van der Waals surface area contributed by atoms with Crippen LogP contribution >= 0.6 is 12.2 Å². The Morgan fingerprint density at radius 2 is 2.14 bits per heavy atom. The van der Waals surface area contributed by atoms with Gasteiger partial charge in [0.05, 0.1) is 5.52 Å². The van der Waals surface area contributed by atoms with Crippen molar-refractivity contribution in [2.45, 2.75) is 6.92 Å². The van der Waals surface area contributed by atoms with Crippen molar-refractivity contribution in [1.29, 1.82) is 0 Å². The average Bonchev–Trinajstić information content (AvgIpc) is 3.15. The van der Waals surface area contributed by atoms with Gasteiger partial charge in [0.1, 0.15) is 6.26 Å². The predicted molar refractivity (Wildman–Crippen MR) is 84.2 cm³/mol. The molecule has 0 bridgehead atoms. The standard InChI is InChI=1S/C15H12N4O2S/c1-9-6-11(10-4-2-3-5-12(10)16-9)14-17-15(22)19(18-14)13-7-20-8-21-13/h2-7H,8H2,1H3,(H,17,18,22). The zero-order valence-electron chi connectivity index (χ0n) is 11.7. The quantitative estimate of drug-likeness (QED) is 0.736. The Labute approximate surface area is 131 Å². The molecule has 4 rings (SSSR count). The fourth-order valence-corrected chi connectivity index (χ4v) is 2.68. The molecule has 1 aliphatic heterocycles. The van der Waals surface area contributed by atoms with E-state index in [2.05, 4.69) is 15.1 Å². The van der Waals surface area contributed by atoms with Gasteiger partial charge in [-0.15, -0.1) is 0 Å². The number of pyridine rings is 1. The number of aromatic nitrogens is 4. The molecule has 0 unspecified atom stereocenters. The summed E-state index contributed by atoms with van der Waals surface area (Å²) in [4.78, 5) is 8.97. The van der Waals surface area contributed by atoms with Gasteiger partial charge < -0.3 is 9.47 Å². The van der Waals surface area contributed by atoms with Gasteiger partial charge in [0, 0.05) is 16.6 Å². The van der Waals surface area contributed by atoms with Gasteiger partial charge in [-0.2, -0.15) is 9.67 Å². The van der Waals surface area contributed by atoms with E-state index in [1.807, 2.05) is 37.3 Å². The summed E-state index contributed by atoms with van der Waals surface area (Å²) in [6.07, 6.45) is 1.51. The zero-order chi connectivity index (χ0) is 15.1. The van der Waals surface area contributed by atoms with Crippen molar-refractivity contribution in [1.82, 2.24) is 19.7 Å². The van der Waals surface area contributed by atoms with Gasteiger partial charge in [-0.25, -0.2) is 0 Å². The summed E-state index contributed by atoms with van der Waals surface area (Å²) in [5.74, 6) is 1.17. The fourth-order valence-electron chi connectivity index (χ4n) is 2.45. The molecule has 6 nitrogen and oxygen atoms in total. The molecule has 0 amide bonds. The van der Waals surface area contributed by atoms with Gasteiger partial charge >= 0.3 is 0 Å². The average molecular weight is 312 g/mol. The van der Waals surface area contributed by atoms with Crippen molar-refractivity contribution >= 4 is 29.0 Å². The van der Waals surface area contributed by atoms with E-state index in [4.69, 9.17) is 21.7 Å². The topological polar surface area (TPSA) is 65.0 Å². The first kappa shape index (κ1) is 13.0. The predicted octanol–water partition coefficient (Wildman–Crippen LogP) is 3.22. The summed E-state index contributed by atoms with van der Waals surface area (Å²) >= 11 is 5.29. The first-order chi connectivity index (χ1) is 10.7. The summed E-state index contributed by atoms with van der Waals surface area (Å²) in [5, 5.41) is 4.17. The fraction of sp³-hybridized carbons (Fsp3) is 0.133. The molecule has 0 spiro atoms. The van der Waals surface area contributed by atoms with Crippen LogP contribution in [0.1, 0.15) is 5.69 Å². The third-order valence-corrected chi connectivity index (χ3v) is 3.67. The van der Waals surface area contributed by atoms with E-state index < -0.39 is 0 Å². The third kappa shape index (κ3) is 2.06. The number of rotatable bonds is 2. The highest BCUT2D eigenvalue weighted by molar-refractivity contribution is 7.71. The molecule has 0 aliphatic carbocycles. The number of H-pyrrole nitrogens is 1. The van der Waals surface area contributed by atoms with Gasteiger partial charge in [0.25, 0.3) is 5.88 Å². The number of hydrogen-bond donors (Lipinski definition) is 1. The van der Waals surface area contributed by atoms with Crippen LogP contribution in [0.4, 0.5) is 0 Å². The van der Waals surface area contributed by atoms with Crippen LogP contribution in [-0.4, -0.2) is 26.5 Å². The Hall–Kier alpha value is -2.67. The molecule has 1 aliphatic rings. The van der Waals surface area contributed by atoms with Crippen molar-refractivity contribution in [3.63, 3.8) is 0 Å². The van der Waals surface area contributed by atoms with Crippen LogP contribution in [0.25, 0.3) is 28.2 Å². The number of nitrogens with zero attached hydrogens (tertiary/aromatic N) is 3. The molecule has 0 saturated carbocycles. The van der Waals surface area contributed by atoms with Crippen molar-refractivity contribution in [2.24, 2.45) is 0 Å². The number of benzene rings is 1. The maximum Gasteiger partial charge on any atom is 0.254 e. The van der Waals surface area contributed by atoms with E-state index in [1.165, 1.54) is 6.26 Å². The summed E-state index contributed by atoms with van der Waals surface area (Å²) in [5.41, 5.74) is 2.79. The molecular weight excluding hydrogens is 300 g/mol. The summed E-state index contributed by atoms with van der Waals surface area (Å²) in [6, 6.07) is 9.93. The molecule has 3 heterocycles. The molecule has 3 aromatic rings. The maximum atomic E-state index is 5.33. The molecule has 0 fully saturated rings. The number of fused-ring (bicyclic) bond motifs is 1. The van der Waals surface area contributed by atoms with E-state index in [0.29, 0.717) is 16.5 Å². The van der Waals surface area contributed by atoms with Gasteiger partial charge in [-0.3, -0.25) is 10.1 Å². The molecule has 2 aromatic heterocycles. The van der Waals surface area contributed by atoms with Crippen molar-refractivity contribution in [2.75, 3.05) is 6.79 Å². The Balaban J connectivity index is 1.93. The maximum absolute atomic E-state index is 5.33. The molecule has 7 heteroatoms. The lowest BCUT2D eigenvalue weighted by Gasteiger charge is -2.05. The second kappa shape index (κ2) is 4.96. The number of nitrogens with one attached hydrogen (secondary N) is 1. The molecule has 110 valence electrons. The van der Waals surface area contributed by atoms with Crippen LogP contribution in [0.15, 0.2) is 36.6 Å². The lowest BCUT2D eigenvalue weighted by molar-refractivity contribution is 0.0950. The van der Waals surface area contributed by atoms with Crippen molar-refractivity contribution in [3.05, 3.63) is 47.1 Å². The molecular formula is C15H12N4O2S. The number of ether oxygens (including phenoxy) is 2. The molecule has 1 N–H and O–H groups in total. The minimum atomic E-state index is 0.183. The first-order valence-corrected chi connectivity index (χ1v) is 7.14. The van der Waals surface area contributed by atoms with E-state index in [9.17, 15) is 0 Å². The molecule has 22 heavy (non-hydrogen) atoms. The van der Waals surface area contributed by atoms with Gasteiger partial charge in [0.2, 0.25) is 11.6 Å². The highest BCUT2D eigenvalue weighted by Crippen LogP contribution is 2.27. The normalized spacial score (nSPS) is 13.8. The lowest BCUT2D eigenvalue weighted by atomic mass is 10.1. The number of aromatic amines is 1. The van der Waals surface area contributed by atoms with Crippen LogP contribution in [0.2, 0.25) is 0 Å². The monoisotopic (exact) mass is 312 g/mol. The Kier molecular flexibility index (Phi) is 2.93. The second-order valence-corrected chi connectivity index (χ2v) is 5.27. The van der Waals surface area contributed by atoms with E-state index >= 15 is 0 Å². The number of para-hydroxylation sites is 1. The largest absolute Gasteiger partial charge is 0.459 e. The third-order valence-electron chi connectivity index (χ3n) is 3.40. The highest BCUT2D eigenvalue weighted by Gasteiger charge is 2.15.